The first kappa shape index (κ1) is 45.1. The average molecular weight is 924 g/mol. The molecule has 71 heavy (non-hydrogen) atoms. The summed E-state index contributed by atoms with van der Waals surface area (Å²) in [5.41, 5.74) is 15.1. The van der Waals surface area contributed by atoms with Crippen molar-refractivity contribution in [3.8, 4) is 0 Å². The summed E-state index contributed by atoms with van der Waals surface area (Å²) in [6.07, 6.45) is 1.75. The molecule has 0 bridgehead atoms. The van der Waals surface area contributed by atoms with Crippen molar-refractivity contribution in [3.05, 3.63) is 231 Å². The van der Waals surface area contributed by atoms with Gasteiger partial charge in [-0.2, -0.15) is 0 Å². The number of ketones is 1. The number of carbonyl (C=O) groups excluding carboxylic acids is 1. The smallest absolute Gasteiger partial charge is 0.193 e. The molecule has 2 nitrogen and oxygen atoms in total. The fourth-order valence-electron chi connectivity index (χ4n) is 12.4. The Balaban J connectivity index is 1.01. The predicted molar refractivity (Wildman–Crippen MR) is 302 cm³/mol. The zero-order valence-electron chi connectivity index (χ0n) is 43.4. The lowest BCUT2D eigenvalue weighted by molar-refractivity contribution is 0.103. The summed E-state index contributed by atoms with van der Waals surface area (Å²) in [6, 6.07) is 63.5. The highest BCUT2D eigenvalue weighted by Crippen LogP contribution is 2.60. The number of aryl methyl sites for hydroxylation is 1. The van der Waals surface area contributed by atoms with Crippen LogP contribution in [0.5, 0.6) is 0 Å². The summed E-state index contributed by atoms with van der Waals surface area (Å²) < 4.78 is 0. The number of rotatable bonds is 5. The summed E-state index contributed by atoms with van der Waals surface area (Å²) in [5.74, 6) is 0.0978. The van der Waals surface area contributed by atoms with Crippen molar-refractivity contribution in [3.63, 3.8) is 0 Å². The molecule has 0 aromatic heterocycles. The predicted octanol–water partition coefficient (Wildman–Crippen LogP) is 18.3. The lowest BCUT2D eigenvalue weighted by atomic mass is 9.57. The maximum Gasteiger partial charge on any atom is 0.193 e. The average Bonchev–Trinajstić information content (AvgIpc) is 3.35. The first-order chi connectivity index (χ1) is 33.7. The highest BCUT2D eigenvalue weighted by Gasteiger charge is 2.51. The number of nitrogens with zero attached hydrogens (tertiary/aromatic N) is 1. The van der Waals surface area contributed by atoms with Gasteiger partial charge >= 0.3 is 0 Å². The first-order valence-corrected chi connectivity index (χ1v) is 25.8. The second-order valence-electron chi connectivity index (χ2n) is 24.6. The van der Waals surface area contributed by atoms with Crippen LogP contribution in [0.25, 0.3) is 43.1 Å². The van der Waals surface area contributed by atoms with Crippen molar-refractivity contribution < 1.29 is 4.79 Å². The molecule has 352 valence electrons. The molecular weight excluding hydrogens is 859 g/mol. The van der Waals surface area contributed by atoms with Crippen LogP contribution < -0.4 is 4.90 Å². The van der Waals surface area contributed by atoms with E-state index < -0.39 is 5.41 Å². The third-order valence-corrected chi connectivity index (χ3v) is 16.5. The first-order valence-electron chi connectivity index (χ1n) is 25.8. The van der Waals surface area contributed by atoms with E-state index in [1.807, 2.05) is 12.1 Å². The minimum absolute atomic E-state index is 0.00592. The second-order valence-corrected chi connectivity index (χ2v) is 24.6. The van der Waals surface area contributed by atoms with Crippen LogP contribution >= 0.6 is 0 Å². The Morgan fingerprint density at radius 3 is 1.34 bits per heavy atom. The quantitative estimate of drug-likeness (QED) is 0.127. The molecule has 0 radical (unpaired) electrons. The van der Waals surface area contributed by atoms with E-state index in [0.717, 1.165) is 52.2 Å². The number of anilines is 3. The van der Waals surface area contributed by atoms with E-state index in [0.29, 0.717) is 0 Å². The Morgan fingerprint density at radius 2 is 0.831 bits per heavy atom. The van der Waals surface area contributed by atoms with Gasteiger partial charge in [0.25, 0.3) is 0 Å². The molecule has 10 aromatic rings. The summed E-state index contributed by atoms with van der Waals surface area (Å²) in [4.78, 5) is 17.4. The molecule has 1 spiro atoms. The van der Waals surface area contributed by atoms with Gasteiger partial charge in [-0.3, -0.25) is 4.79 Å². The fourth-order valence-corrected chi connectivity index (χ4v) is 12.4. The third kappa shape index (κ3) is 6.84. The molecule has 0 N–H and O–H groups in total. The molecule has 1 aliphatic carbocycles. The summed E-state index contributed by atoms with van der Waals surface area (Å²) in [5, 5.41) is 10.8. The van der Waals surface area contributed by atoms with Crippen LogP contribution in [0.15, 0.2) is 170 Å². The second kappa shape index (κ2) is 15.5. The molecule has 0 unspecified atom stereocenters. The van der Waals surface area contributed by atoms with Crippen LogP contribution in [0.2, 0.25) is 0 Å². The lowest BCUT2D eigenvalue weighted by Gasteiger charge is -2.49. The van der Waals surface area contributed by atoms with E-state index in [4.69, 9.17) is 0 Å². The largest absolute Gasteiger partial charge is 0.310 e. The molecule has 2 aliphatic rings. The van der Waals surface area contributed by atoms with Crippen molar-refractivity contribution in [1.82, 2.24) is 0 Å². The molecule has 10 aromatic carbocycles. The monoisotopic (exact) mass is 924 g/mol. The maximum atomic E-state index is 15.1. The molecule has 0 saturated carbocycles. The number of carbonyl (C=O) groups is 1. The van der Waals surface area contributed by atoms with Gasteiger partial charge in [-0.15, -0.1) is 0 Å². The van der Waals surface area contributed by atoms with Crippen molar-refractivity contribution in [2.75, 3.05) is 4.90 Å². The Bertz CT molecular complexity index is 3760. The van der Waals surface area contributed by atoms with Crippen LogP contribution in [0.4, 0.5) is 17.1 Å². The fraction of sp³-hybridized carbons (Fsp3) is 0.261. The zero-order chi connectivity index (χ0) is 49.6. The van der Waals surface area contributed by atoms with Crippen LogP contribution in [0.1, 0.15) is 149 Å². The van der Waals surface area contributed by atoms with Crippen molar-refractivity contribution in [1.29, 1.82) is 0 Å². The van der Waals surface area contributed by atoms with Crippen molar-refractivity contribution >= 4 is 65.9 Å². The highest BCUT2D eigenvalue weighted by atomic mass is 16.1. The van der Waals surface area contributed by atoms with Gasteiger partial charge in [0.1, 0.15) is 0 Å². The number of hydrogen-bond donors (Lipinski definition) is 0. The SMILES string of the molecule is CC(C)(C)c1cc2cc(C(C)(C)C)cc3c4cc(C(C)(C)CCc5ccc6c(c5)C(=O)c5ccccc5C65c6ccccc6N(c6ccccc6)c6ccccc65)cc5cc(C(C)(C)C)cc(c(c1)c23)c54. The van der Waals surface area contributed by atoms with Gasteiger partial charge in [-0.25, -0.2) is 0 Å². The molecule has 2 heteroatoms. The van der Waals surface area contributed by atoms with Crippen LogP contribution in [0.3, 0.4) is 0 Å². The van der Waals surface area contributed by atoms with Gasteiger partial charge in [0.15, 0.2) is 5.78 Å². The van der Waals surface area contributed by atoms with E-state index in [2.05, 4.69) is 239 Å². The van der Waals surface area contributed by atoms with Gasteiger partial charge in [0, 0.05) is 16.8 Å². The van der Waals surface area contributed by atoms with Crippen molar-refractivity contribution in [2.24, 2.45) is 0 Å². The van der Waals surface area contributed by atoms with Gasteiger partial charge in [-0.1, -0.05) is 191 Å². The number of para-hydroxylation sites is 3. The molecule has 0 fully saturated rings. The lowest BCUT2D eigenvalue weighted by Crippen LogP contribution is -2.42. The number of hydrogen-bond acceptors (Lipinski definition) is 2. The Kier molecular flexibility index (Phi) is 9.84. The molecule has 12 rings (SSSR count). The zero-order valence-corrected chi connectivity index (χ0v) is 43.4. The normalized spacial score (nSPS) is 14.6. The highest BCUT2D eigenvalue weighted by molar-refractivity contribution is 6.33. The van der Waals surface area contributed by atoms with Gasteiger partial charge in [0.2, 0.25) is 0 Å². The van der Waals surface area contributed by atoms with E-state index in [-0.39, 0.29) is 27.4 Å². The van der Waals surface area contributed by atoms with Crippen molar-refractivity contribution in [2.45, 2.75) is 116 Å². The van der Waals surface area contributed by atoms with Gasteiger partial charge in [0.05, 0.1) is 16.8 Å². The molecule has 0 saturated heterocycles. The Morgan fingerprint density at radius 1 is 0.408 bits per heavy atom. The maximum absolute atomic E-state index is 15.1. The molecular formula is C69H65NO. The third-order valence-electron chi connectivity index (χ3n) is 16.5. The van der Waals surface area contributed by atoms with E-state index in [1.165, 1.54) is 82.0 Å². The van der Waals surface area contributed by atoms with Crippen LogP contribution in [0, 0.1) is 0 Å². The Labute approximate surface area is 420 Å². The molecule has 0 amide bonds. The van der Waals surface area contributed by atoms with Gasteiger partial charge in [-0.05, 0) is 182 Å². The number of fused-ring (bicyclic) bond motifs is 10. The van der Waals surface area contributed by atoms with Crippen LogP contribution in [-0.4, -0.2) is 5.78 Å². The standard InChI is InChI=1S/C69H65NO/c1-65(2,3)45-34-43-35-46(66(4,5)6)40-53-54-41-48(37-44-36-47(67(7,8)9)39-52(63(44)54)51(38-45)62(43)53)68(10,11)32-31-42-29-30-57-55(33-42)64(71)50-23-15-16-24-56(50)69(57)58-25-17-19-27-60(58)70(49-21-13-12-14-22-49)61-28-20-18-26-59(61)69/h12-30,33-41H,31-32H2,1-11H3. The van der Waals surface area contributed by atoms with Gasteiger partial charge < -0.3 is 4.90 Å². The molecule has 1 heterocycles. The summed E-state index contributed by atoms with van der Waals surface area (Å²) >= 11 is 0. The van der Waals surface area contributed by atoms with Crippen LogP contribution in [-0.2, 0) is 33.5 Å². The molecule has 1 aliphatic heterocycles. The minimum atomic E-state index is -0.698. The van der Waals surface area contributed by atoms with E-state index >= 15 is 4.79 Å². The summed E-state index contributed by atoms with van der Waals surface area (Å²) in [7, 11) is 0. The molecule has 0 atom stereocenters. The number of benzene rings is 10. The summed E-state index contributed by atoms with van der Waals surface area (Å²) in [6.45, 7) is 25.9. The van der Waals surface area contributed by atoms with E-state index in [9.17, 15) is 0 Å². The topological polar surface area (TPSA) is 20.3 Å². The van der Waals surface area contributed by atoms with E-state index in [1.54, 1.807) is 0 Å². The minimum Gasteiger partial charge on any atom is -0.310 e. The Hall–Kier alpha value is -7.03.